The number of rotatable bonds is 5. The summed E-state index contributed by atoms with van der Waals surface area (Å²) >= 11 is 0. The molecule has 1 aromatic rings. The molecule has 0 bridgehead atoms. The molecular formula is C15H19NO5. The fraction of sp³-hybridized carbons (Fsp3) is 0.467. The Bertz CT molecular complexity index is 513. The van der Waals surface area contributed by atoms with Crippen LogP contribution in [0.2, 0.25) is 0 Å². The van der Waals surface area contributed by atoms with Crippen LogP contribution in [0.5, 0.6) is 5.75 Å². The molecule has 0 aromatic heterocycles. The second kappa shape index (κ2) is 6.58. The predicted octanol–water partition coefficient (Wildman–Crippen LogP) is 0.938. The number of aliphatic carboxylic acids is 1. The molecular weight excluding hydrogens is 274 g/mol. The van der Waals surface area contributed by atoms with Crippen LogP contribution in [0, 0.1) is 0 Å². The maximum Gasteiger partial charge on any atom is 0.326 e. The van der Waals surface area contributed by atoms with Gasteiger partial charge in [0.25, 0.3) is 0 Å². The Morgan fingerprint density at radius 1 is 1.29 bits per heavy atom. The number of carbonyl (C=O) groups is 2. The van der Waals surface area contributed by atoms with Gasteiger partial charge in [-0.1, -0.05) is 12.1 Å². The third kappa shape index (κ3) is 3.52. The van der Waals surface area contributed by atoms with Gasteiger partial charge in [0.05, 0.1) is 19.6 Å². The number of likely N-dealkylation sites (tertiary alicyclic amines) is 1. The van der Waals surface area contributed by atoms with Crippen LogP contribution < -0.4 is 4.74 Å². The lowest BCUT2D eigenvalue weighted by molar-refractivity contribution is -0.148. The number of hydrogen-bond acceptors (Lipinski definition) is 4. The number of carbonyl (C=O) groups excluding carboxylic acids is 1. The molecule has 1 heterocycles. The first-order valence-corrected chi connectivity index (χ1v) is 6.73. The smallest absolute Gasteiger partial charge is 0.326 e. The number of carboxylic acids is 1. The van der Waals surface area contributed by atoms with E-state index >= 15 is 0 Å². The van der Waals surface area contributed by atoms with Crippen LogP contribution in [-0.4, -0.2) is 54.8 Å². The van der Waals surface area contributed by atoms with Gasteiger partial charge in [-0.05, 0) is 17.7 Å². The summed E-state index contributed by atoms with van der Waals surface area (Å²) in [6.07, 6.45) is 0.288. The summed E-state index contributed by atoms with van der Waals surface area (Å²) in [6.45, 7) is 0.322. The Balaban J connectivity index is 2.05. The number of benzene rings is 1. The van der Waals surface area contributed by atoms with Crippen LogP contribution in [-0.2, 0) is 20.7 Å². The van der Waals surface area contributed by atoms with Crippen molar-refractivity contribution in [2.45, 2.75) is 25.0 Å². The maximum absolute atomic E-state index is 12.3. The Morgan fingerprint density at radius 2 is 1.95 bits per heavy atom. The van der Waals surface area contributed by atoms with Crippen LogP contribution in [0.25, 0.3) is 0 Å². The zero-order valence-electron chi connectivity index (χ0n) is 12.1. The molecule has 2 atom stereocenters. The highest BCUT2D eigenvalue weighted by atomic mass is 16.5. The molecule has 2 unspecified atom stereocenters. The average molecular weight is 293 g/mol. The van der Waals surface area contributed by atoms with Crippen LogP contribution in [0.15, 0.2) is 24.3 Å². The molecule has 1 amide bonds. The van der Waals surface area contributed by atoms with Crippen molar-refractivity contribution in [3.63, 3.8) is 0 Å². The van der Waals surface area contributed by atoms with Gasteiger partial charge in [-0.15, -0.1) is 0 Å². The first-order valence-electron chi connectivity index (χ1n) is 6.73. The van der Waals surface area contributed by atoms with Crippen molar-refractivity contribution in [1.29, 1.82) is 0 Å². The lowest BCUT2D eigenvalue weighted by atomic mass is 10.1. The molecule has 1 saturated heterocycles. The fourth-order valence-electron chi connectivity index (χ4n) is 2.50. The molecule has 0 aliphatic carbocycles. The topological polar surface area (TPSA) is 76.1 Å². The summed E-state index contributed by atoms with van der Waals surface area (Å²) in [5, 5.41) is 9.21. The van der Waals surface area contributed by atoms with Gasteiger partial charge in [-0.3, -0.25) is 4.79 Å². The van der Waals surface area contributed by atoms with E-state index in [4.69, 9.17) is 9.47 Å². The fourth-order valence-corrected chi connectivity index (χ4v) is 2.50. The van der Waals surface area contributed by atoms with Gasteiger partial charge in [-0.2, -0.15) is 0 Å². The van der Waals surface area contributed by atoms with Gasteiger partial charge in [0.2, 0.25) is 5.91 Å². The van der Waals surface area contributed by atoms with Crippen molar-refractivity contribution in [3.8, 4) is 5.75 Å². The molecule has 21 heavy (non-hydrogen) atoms. The molecule has 1 N–H and O–H groups in total. The van der Waals surface area contributed by atoms with Gasteiger partial charge >= 0.3 is 5.97 Å². The average Bonchev–Trinajstić information content (AvgIpc) is 2.92. The minimum Gasteiger partial charge on any atom is -0.497 e. The normalized spacial score (nSPS) is 21.3. The van der Waals surface area contributed by atoms with E-state index in [1.54, 1.807) is 31.4 Å². The van der Waals surface area contributed by atoms with Crippen molar-refractivity contribution in [2.24, 2.45) is 0 Å². The number of hydrogen-bond donors (Lipinski definition) is 1. The van der Waals surface area contributed by atoms with Gasteiger partial charge in [0.15, 0.2) is 0 Å². The van der Waals surface area contributed by atoms with Crippen LogP contribution >= 0.6 is 0 Å². The second-order valence-electron chi connectivity index (χ2n) is 5.02. The molecule has 1 fully saturated rings. The summed E-state index contributed by atoms with van der Waals surface area (Å²) in [6, 6.07) is 6.35. The van der Waals surface area contributed by atoms with Crippen molar-refractivity contribution in [3.05, 3.63) is 29.8 Å². The summed E-state index contributed by atoms with van der Waals surface area (Å²) in [5.41, 5.74) is 0.825. The van der Waals surface area contributed by atoms with Crippen molar-refractivity contribution < 1.29 is 24.2 Å². The van der Waals surface area contributed by atoms with Gasteiger partial charge in [-0.25, -0.2) is 4.79 Å². The minimum atomic E-state index is -0.988. The van der Waals surface area contributed by atoms with Crippen LogP contribution in [0.3, 0.4) is 0 Å². The Hall–Kier alpha value is -2.08. The molecule has 1 aliphatic rings. The summed E-state index contributed by atoms with van der Waals surface area (Å²) in [7, 11) is 3.10. The number of nitrogens with zero attached hydrogens (tertiary/aromatic N) is 1. The highest BCUT2D eigenvalue weighted by Gasteiger charge is 2.39. The van der Waals surface area contributed by atoms with Crippen molar-refractivity contribution in [2.75, 3.05) is 20.8 Å². The number of carboxylic acid groups (broad SMARTS) is 1. The zero-order valence-corrected chi connectivity index (χ0v) is 12.1. The molecule has 0 saturated carbocycles. The third-order valence-corrected chi connectivity index (χ3v) is 3.72. The highest BCUT2D eigenvalue weighted by Crippen LogP contribution is 2.22. The molecule has 1 aromatic carbocycles. The standard InChI is InChI=1S/C15H19NO5/c1-20-11-5-3-10(4-6-11)7-14(17)16-9-12(21-2)8-13(16)15(18)19/h3-6,12-13H,7-9H2,1-2H3,(H,18,19). The number of methoxy groups -OCH3 is 2. The van der Waals surface area contributed by atoms with E-state index in [1.165, 1.54) is 12.0 Å². The van der Waals surface area contributed by atoms with E-state index < -0.39 is 12.0 Å². The summed E-state index contributed by atoms with van der Waals surface area (Å²) in [4.78, 5) is 25.0. The molecule has 2 rings (SSSR count). The minimum absolute atomic E-state index is 0.171. The summed E-state index contributed by atoms with van der Waals surface area (Å²) in [5.74, 6) is -0.472. The predicted molar refractivity (Wildman–Crippen MR) is 75.2 cm³/mol. The molecule has 1 aliphatic heterocycles. The Labute approximate surface area is 123 Å². The van der Waals surface area contributed by atoms with E-state index in [9.17, 15) is 14.7 Å². The largest absolute Gasteiger partial charge is 0.497 e. The molecule has 0 radical (unpaired) electrons. The van der Waals surface area contributed by atoms with E-state index in [2.05, 4.69) is 0 Å². The molecule has 6 nitrogen and oxygen atoms in total. The van der Waals surface area contributed by atoms with E-state index in [1.807, 2.05) is 0 Å². The Kier molecular flexibility index (Phi) is 4.80. The molecule has 114 valence electrons. The monoisotopic (exact) mass is 293 g/mol. The number of amides is 1. The van der Waals surface area contributed by atoms with Crippen molar-refractivity contribution >= 4 is 11.9 Å². The van der Waals surface area contributed by atoms with E-state index in [0.717, 1.165) is 11.3 Å². The zero-order chi connectivity index (χ0) is 15.4. The van der Waals surface area contributed by atoms with Crippen molar-refractivity contribution in [1.82, 2.24) is 4.90 Å². The van der Waals surface area contributed by atoms with Crippen LogP contribution in [0.4, 0.5) is 0 Å². The van der Waals surface area contributed by atoms with E-state index in [0.29, 0.717) is 13.0 Å². The lowest BCUT2D eigenvalue weighted by Gasteiger charge is -2.21. The first-order chi connectivity index (χ1) is 10.0. The first kappa shape index (κ1) is 15.3. The van der Waals surface area contributed by atoms with Gasteiger partial charge in [0.1, 0.15) is 11.8 Å². The maximum atomic E-state index is 12.3. The van der Waals surface area contributed by atoms with Gasteiger partial charge < -0.3 is 19.5 Å². The lowest BCUT2D eigenvalue weighted by Crippen LogP contribution is -2.41. The SMILES string of the molecule is COc1ccc(CC(=O)N2CC(OC)CC2C(=O)O)cc1. The van der Waals surface area contributed by atoms with E-state index in [-0.39, 0.29) is 18.4 Å². The Morgan fingerprint density at radius 3 is 2.48 bits per heavy atom. The molecule has 0 spiro atoms. The highest BCUT2D eigenvalue weighted by molar-refractivity contribution is 5.85. The summed E-state index contributed by atoms with van der Waals surface area (Å²) < 4.78 is 10.2. The van der Waals surface area contributed by atoms with Crippen LogP contribution in [0.1, 0.15) is 12.0 Å². The number of ether oxygens (including phenoxy) is 2. The molecule has 6 heteroatoms. The third-order valence-electron chi connectivity index (χ3n) is 3.72. The second-order valence-corrected chi connectivity index (χ2v) is 5.02. The quantitative estimate of drug-likeness (QED) is 0.874. The van der Waals surface area contributed by atoms with Gasteiger partial charge in [0, 0.05) is 20.1 Å².